The summed E-state index contributed by atoms with van der Waals surface area (Å²) in [6, 6.07) is 25.1. The molecule has 0 aliphatic carbocycles. The molecule has 0 aromatic heterocycles. The molecule has 196 valence electrons. The zero-order chi connectivity index (χ0) is 26.8. The molecule has 2 amide bonds. The van der Waals surface area contributed by atoms with Crippen LogP contribution in [0.3, 0.4) is 0 Å². The molecule has 0 fully saturated rings. The number of nitrogens with zero attached hydrogens (tertiary/aromatic N) is 2. The molecule has 0 heterocycles. The van der Waals surface area contributed by atoms with E-state index in [2.05, 4.69) is 5.32 Å². The second-order valence-corrected chi connectivity index (χ2v) is 11.0. The average Bonchev–Trinajstić information content (AvgIpc) is 2.88. The van der Waals surface area contributed by atoms with Gasteiger partial charge in [-0.3, -0.25) is 13.9 Å². The van der Waals surface area contributed by atoms with Gasteiger partial charge in [-0.05, 0) is 42.2 Å². The zero-order valence-corrected chi connectivity index (χ0v) is 22.4. The van der Waals surface area contributed by atoms with Crippen LogP contribution in [0.4, 0.5) is 5.69 Å². The summed E-state index contributed by atoms with van der Waals surface area (Å²) < 4.78 is 26.6. The van der Waals surface area contributed by atoms with Crippen LogP contribution in [0.1, 0.15) is 30.0 Å². The lowest BCUT2D eigenvalue weighted by Crippen LogP contribution is -2.53. The second-order valence-electron chi connectivity index (χ2n) is 9.11. The van der Waals surface area contributed by atoms with E-state index in [4.69, 9.17) is 0 Å². The predicted molar refractivity (Wildman–Crippen MR) is 148 cm³/mol. The molecule has 0 saturated carbocycles. The molecule has 8 heteroatoms. The van der Waals surface area contributed by atoms with E-state index >= 15 is 0 Å². The summed E-state index contributed by atoms with van der Waals surface area (Å²) in [6.07, 6.45) is 2.14. The van der Waals surface area contributed by atoms with Crippen molar-refractivity contribution in [1.82, 2.24) is 10.2 Å². The summed E-state index contributed by atoms with van der Waals surface area (Å²) in [4.78, 5) is 28.8. The van der Waals surface area contributed by atoms with Crippen molar-refractivity contribution in [3.63, 3.8) is 0 Å². The number of carbonyl (C=O) groups excluding carboxylic acids is 2. The van der Waals surface area contributed by atoms with Crippen LogP contribution in [-0.2, 0) is 32.6 Å². The van der Waals surface area contributed by atoms with Crippen molar-refractivity contribution in [1.29, 1.82) is 0 Å². The fourth-order valence-corrected chi connectivity index (χ4v) is 4.94. The Kier molecular flexibility index (Phi) is 9.85. The van der Waals surface area contributed by atoms with Gasteiger partial charge in [-0.1, -0.05) is 79.7 Å². The number of hydrogen-bond donors (Lipinski definition) is 1. The predicted octanol–water partition coefficient (Wildman–Crippen LogP) is 3.93. The molecule has 37 heavy (non-hydrogen) atoms. The van der Waals surface area contributed by atoms with Gasteiger partial charge in [0.05, 0.1) is 11.9 Å². The third kappa shape index (κ3) is 8.18. The van der Waals surface area contributed by atoms with Crippen LogP contribution >= 0.6 is 0 Å². The van der Waals surface area contributed by atoms with Crippen molar-refractivity contribution in [2.24, 2.45) is 0 Å². The highest BCUT2D eigenvalue weighted by molar-refractivity contribution is 7.92. The highest BCUT2D eigenvalue weighted by atomic mass is 32.2. The first kappa shape index (κ1) is 27.9. The molecule has 0 radical (unpaired) electrons. The first-order chi connectivity index (χ1) is 17.7. The molecule has 0 aliphatic heterocycles. The van der Waals surface area contributed by atoms with E-state index < -0.39 is 28.5 Å². The van der Waals surface area contributed by atoms with Crippen molar-refractivity contribution in [3.8, 4) is 0 Å². The Hall–Kier alpha value is -3.65. The molecular weight excluding hydrogens is 486 g/mol. The lowest BCUT2D eigenvalue weighted by atomic mass is 10.0. The first-order valence-electron chi connectivity index (χ1n) is 12.4. The number of nitrogens with one attached hydrogen (secondary N) is 1. The van der Waals surface area contributed by atoms with Crippen LogP contribution in [0.2, 0.25) is 0 Å². The number of amides is 2. The van der Waals surface area contributed by atoms with Crippen LogP contribution in [0.25, 0.3) is 0 Å². The van der Waals surface area contributed by atoms with Gasteiger partial charge < -0.3 is 10.2 Å². The van der Waals surface area contributed by atoms with Crippen molar-refractivity contribution in [2.75, 3.05) is 23.7 Å². The van der Waals surface area contributed by atoms with Gasteiger partial charge in [0.2, 0.25) is 21.8 Å². The minimum Gasteiger partial charge on any atom is -0.354 e. The maximum absolute atomic E-state index is 13.9. The highest BCUT2D eigenvalue weighted by Crippen LogP contribution is 2.21. The number of benzene rings is 3. The topological polar surface area (TPSA) is 86.8 Å². The molecule has 0 unspecified atom stereocenters. The van der Waals surface area contributed by atoms with Crippen molar-refractivity contribution in [3.05, 3.63) is 102 Å². The van der Waals surface area contributed by atoms with E-state index in [1.54, 1.807) is 18.2 Å². The fourth-order valence-electron chi connectivity index (χ4n) is 4.10. The summed E-state index contributed by atoms with van der Waals surface area (Å²) in [5.41, 5.74) is 3.04. The van der Waals surface area contributed by atoms with Gasteiger partial charge in [-0.15, -0.1) is 0 Å². The largest absolute Gasteiger partial charge is 0.354 e. The molecule has 3 rings (SSSR count). The number of hydrogen-bond acceptors (Lipinski definition) is 4. The third-order valence-corrected chi connectivity index (χ3v) is 7.13. The summed E-state index contributed by atoms with van der Waals surface area (Å²) >= 11 is 0. The standard InChI is InChI=1S/C29H35N3O4S/c1-4-18-30-29(34)27(20-24-13-7-5-8-14-24)31(21-25-15-9-6-10-16-25)28(33)22-32(37(3,35)36)26-17-11-12-23(2)19-26/h5-17,19,27H,4,18,20-22H2,1-3H3,(H,30,34)/t27-/m1/s1. The Balaban J connectivity index is 2.02. The monoisotopic (exact) mass is 521 g/mol. The van der Waals surface area contributed by atoms with Gasteiger partial charge in [-0.25, -0.2) is 8.42 Å². The van der Waals surface area contributed by atoms with Crippen LogP contribution < -0.4 is 9.62 Å². The van der Waals surface area contributed by atoms with Crippen molar-refractivity contribution >= 4 is 27.5 Å². The average molecular weight is 522 g/mol. The Bertz CT molecular complexity index is 1280. The van der Waals surface area contributed by atoms with Gasteiger partial charge in [-0.2, -0.15) is 0 Å². The molecule has 7 nitrogen and oxygen atoms in total. The van der Waals surface area contributed by atoms with Crippen molar-refractivity contribution < 1.29 is 18.0 Å². The smallest absolute Gasteiger partial charge is 0.244 e. The molecule has 0 spiro atoms. The van der Waals surface area contributed by atoms with E-state index in [1.165, 1.54) is 4.90 Å². The summed E-state index contributed by atoms with van der Waals surface area (Å²) in [7, 11) is -3.77. The first-order valence-corrected chi connectivity index (χ1v) is 14.2. The number of anilines is 1. The van der Waals surface area contributed by atoms with Crippen LogP contribution in [0, 0.1) is 6.92 Å². The molecule has 0 aliphatic rings. The quantitative estimate of drug-likeness (QED) is 0.391. The summed E-state index contributed by atoms with van der Waals surface area (Å²) in [5.74, 6) is -0.722. The van der Waals surface area contributed by atoms with Crippen LogP contribution in [0.15, 0.2) is 84.9 Å². The lowest BCUT2D eigenvalue weighted by Gasteiger charge is -2.33. The lowest BCUT2D eigenvalue weighted by molar-refractivity contribution is -0.140. The summed E-state index contributed by atoms with van der Waals surface area (Å²) in [6.45, 7) is 4.06. The normalized spacial score (nSPS) is 12.0. The van der Waals surface area contributed by atoms with Gasteiger partial charge in [0.1, 0.15) is 12.6 Å². The second kappa shape index (κ2) is 13.1. The van der Waals surface area contributed by atoms with E-state index in [9.17, 15) is 18.0 Å². The number of sulfonamides is 1. The van der Waals surface area contributed by atoms with E-state index in [-0.39, 0.29) is 12.5 Å². The minimum absolute atomic E-state index is 0.169. The molecular formula is C29H35N3O4S. The minimum atomic E-state index is -3.77. The van der Waals surface area contributed by atoms with E-state index in [1.807, 2.05) is 80.6 Å². The van der Waals surface area contributed by atoms with Crippen molar-refractivity contribution in [2.45, 2.75) is 39.3 Å². The zero-order valence-electron chi connectivity index (χ0n) is 21.6. The molecule has 3 aromatic rings. The fraction of sp³-hybridized carbons (Fsp3) is 0.310. The Morgan fingerprint density at radius 1 is 0.892 bits per heavy atom. The van der Waals surface area contributed by atoms with Crippen LogP contribution in [-0.4, -0.2) is 50.5 Å². The molecule has 3 aromatic carbocycles. The molecule has 0 bridgehead atoms. The maximum atomic E-state index is 13.9. The van der Waals surface area contributed by atoms with E-state index in [0.29, 0.717) is 18.7 Å². The number of aryl methyl sites for hydroxylation is 1. The SMILES string of the molecule is CCCNC(=O)[C@@H](Cc1ccccc1)N(Cc1ccccc1)C(=O)CN(c1cccc(C)c1)S(C)(=O)=O. The van der Waals surface area contributed by atoms with Crippen LogP contribution in [0.5, 0.6) is 0 Å². The Labute approximate surface area is 220 Å². The Morgan fingerprint density at radius 3 is 2.08 bits per heavy atom. The Morgan fingerprint density at radius 2 is 1.51 bits per heavy atom. The van der Waals surface area contributed by atoms with Gasteiger partial charge in [0.25, 0.3) is 0 Å². The highest BCUT2D eigenvalue weighted by Gasteiger charge is 2.32. The number of rotatable bonds is 12. The maximum Gasteiger partial charge on any atom is 0.244 e. The number of carbonyl (C=O) groups is 2. The molecule has 0 saturated heterocycles. The van der Waals surface area contributed by atoms with Gasteiger partial charge in [0, 0.05) is 19.5 Å². The molecule has 1 N–H and O–H groups in total. The van der Waals surface area contributed by atoms with Gasteiger partial charge >= 0.3 is 0 Å². The third-order valence-electron chi connectivity index (χ3n) is 5.98. The van der Waals surface area contributed by atoms with Gasteiger partial charge in [0.15, 0.2) is 0 Å². The molecule has 1 atom stereocenters. The summed E-state index contributed by atoms with van der Waals surface area (Å²) in [5, 5.41) is 2.93. The van der Waals surface area contributed by atoms with E-state index in [0.717, 1.165) is 33.7 Å².